The minimum absolute atomic E-state index is 0.653. The van der Waals surface area contributed by atoms with E-state index in [0.717, 1.165) is 52.2 Å². The molecule has 0 saturated carbocycles. The van der Waals surface area contributed by atoms with Crippen LogP contribution in [-0.2, 0) is 0 Å². The molecule has 0 bridgehead atoms. The average molecular weight is 431 g/mol. The summed E-state index contributed by atoms with van der Waals surface area (Å²) in [5, 5.41) is 2.36. The second-order valence-electron chi connectivity index (χ2n) is 7.69. The van der Waals surface area contributed by atoms with E-state index < -0.39 is 0 Å². The molecule has 0 aliphatic carbocycles. The number of methoxy groups -OCH3 is 1. The first kappa shape index (κ1) is 19.7. The van der Waals surface area contributed by atoms with Gasteiger partial charge in [0.05, 0.1) is 18.2 Å². The predicted molar refractivity (Wildman–Crippen MR) is 126 cm³/mol. The van der Waals surface area contributed by atoms with E-state index in [-0.39, 0.29) is 0 Å². The Hall–Kier alpha value is -3.24. The van der Waals surface area contributed by atoms with Crippen molar-refractivity contribution in [1.29, 1.82) is 0 Å². The Kier molecular flexibility index (Phi) is 5.39. The normalized spacial score (nSPS) is 14.4. The molecule has 0 radical (unpaired) electrons. The van der Waals surface area contributed by atoms with Gasteiger partial charge in [-0.2, -0.15) is 0 Å². The standard InChI is InChI=1S/C26H23ClN2O2/c1-30-22-11-4-18(5-12-22)26-17-24(23-16-19(27)6-13-25(23)31-26)28-20-7-9-21(10-8-20)29-14-2-3-15-29/h4-13,16-17H,2-3,14-15H2,1H3. The van der Waals surface area contributed by atoms with E-state index in [1.807, 2.05) is 48.5 Å². The van der Waals surface area contributed by atoms with Gasteiger partial charge < -0.3 is 14.1 Å². The monoisotopic (exact) mass is 430 g/mol. The average Bonchev–Trinajstić information content (AvgIpc) is 3.35. The second-order valence-corrected chi connectivity index (χ2v) is 8.12. The van der Waals surface area contributed by atoms with Crippen molar-refractivity contribution in [2.45, 2.75) is 12.8 Å². The van der Waals surface area contributed by atoms with Gasteiger partial charge in [-0.15, -0.1) is 0 Å². The van der Waals surface area contributed by atoms with Crippen LogP contribution >= 0.6 is 11.6 Å². The molecule has 0 amide bonds. The van der Waals surface area contributed by atoms with Gasteiger partial charge in [-0.05, 0) is 79.6 Å². The Morgan fingerprint density at radius 1 is 0.903 bits per heavy atom. The fourth-order valence-electron chi connectivity index (χ4n) is 3.98. The van der Waals surface area contributed by atoms with Gasteiger partial charge >= 0.3 is 0 Å². The van der Waals surface area contributed by atoms with Crippen molar-refractivity contribution in [2.75, 3.05) is 25.1 Å². The number of ether oxygens (including phenoxy) is 1. The van der Waals surface area contributed by atoms with Crippen LogP contribution < -0.4 is 15.0 Å². The quantitative estimate of drug-likeness (QED) is 0.366. The van der Waals surface area contributed by atoms with Crippen molar-refractivity contribution in [3.8, 4) is 17.1 Å². The molecule has 0 atom stereocenters. The van der Waals surface area contributed by atoms with E-state index in [0.29, 0.717) is 5.02 Å². The predicted octanol–water partition coefficient (Wildman–Crippen LogP) is 6.59. The molecule has 1 fully saturated rings. The van der Waals surface area contributed by atoms with E-state index in [9.17, 15) is 0 Å². The van der Waals surface area contributed by atoms with Crippen molar-refractivity contribution < 1.29 is 9.15 Å². The minimum Gasteiger partial charge on any atom is -0.497 e. The number of halogens is 1. The topological polar surface area (TPSA) is 38.0 Å². The SMILES string of the molecule is COc1ccc(-c2cc(=Nc3ccc(N4CCCC4)cc3)c3cc(Cl)ccc3o2)cc1. The number of benzene rings is 3. The maximum absolute atomic E-state index is 6.27. The van der Waals surface area contributed by atoms with Gasteiger partial charge in [-0.25, -0.2) is 4.99 Å². The summed E-state index contributed by atoms with van der Waals surface area (Å²) in [6, 6.07) is 23.8. The largest absolute Gasteiger partial charge is 0.497 e. The highest BCUT2D eigenvalue weighted by Gasteiger charge is 2.12. The molecule has 1 aromatic heterocycles. The third kappa shape index (κ3) is 4.17. The van der Waals surface area contributed by atoms with Gasteiger partial charge in [0.1, 0.15) is 17.1 Å². The van der Waals surface area contributed by atoms with E-state index in [1.165, 1.54) is 18.5 Å². The number of hydrogen-bond donors (Lipinski definition) is 0. The highest BCUT2D eigenvalue weighted by atomic mass is 35.5. The van der Waals surface area contributed by atoms with Crippen molar-refractivity contribution in [3.05, 3.63) is 83.2 Å². The number of anilines is 1. The number of nitrogens with zero attached hydrogens (tertiary/aromatic N) is 2. The summed E-state index contributed by atoms with van der Waals surface area (Å²) in [5.74, 6) is 1.55. The summed E-state index contributed by atoms with van der Waals surface area (Å²) in [7, 11) is 1.66. The van der Waals surface area contributed by atoms with Crippen LogP contribution in [0.2, 0.25) is 5.02 Å². The van der Waals surface area contributed by atoms with Crippen LogP contribution in [0.5, 0.6) is 5.75 Å². The Labute approximate surface area is 186 Å². The fourth-order valence-corrected chi connectivity index (χ4v) is 4.16. The van der Waals surface area contributed by atoms with E-state index in [4.69, 9.17) is 25.7 Å². The number of fused-ring (bicyclic) bond motifs is 1. The number of hydrogen-bond acceptors (Lipinski definition) is 4. The molecule has 0 unspecified atom stereocenters. The first-order chi connectivity index (χ1) is 15.2. The molecule has 4 nitrogen and oxygen atoms in total. The molecule has 1 aliphatic heterocycles. The lowest BCUT2D eigenvalue weighted by Crippen LogP contribution is -2.17. The maximum Gasteiger partial charge on any atom is 0.136 e. The van der Waals surface area contributed by atoms with Gasteiger partial charge in [0.2, 0.25) is 0 Å². The molecule has 156 valence electrons. The zero-order valence-corrected chi connectivity index (χ0v) is 18.1. The van der Waals surface area contributed by atoms with Crippen LogP contribution in [0, 0.1) is 0 Å². The molecule has 2 heterocycles. The van der Waals surface area contributed by atoms with Crippen LogP contribution in [0.25, 0.3) is 22.3 Å². The summed E-state index contributed by atoms with van der Waals surface area (Å²) >= 11 is 6.27. The lowest BCUT2D eigenvalue weighted by molar-refractivity contribution is 0.415. The van der Waals surface area contributed by atoms with Crippen molar-refractivity contribution >= 4 is 33.9 Å². The Balaban J connectivity index is 1.60. The summed E-state index contributed by atoms with van der Waals surface area (Å²) in [4.78, 5) is 7.35. The van der Waals surface area contributed by atoms with Crippen LogP contribution in [0.4, 0.5) is 11.4 Å². The molecule has 0 N–H and O–H groups in total. The van der Waals surface area contributed by atoms with Crippen molar-refractivity contribution in [2.24, 2.45) is 4.99 Å². The zero-order chi connectivity index (χ0) is 21.2. The third-order valence-electron chi connectivity index (χ3n) is 5.65. The summed E-state index contributed by atoms with van der Waals surface area (Å²) in [6.45, 7) is 2.26. The molecule has 5 heteroatoms. The Morgan fingerprint density at radius 2 is 1.65 bits per heavy atom. The fraction of sp³-hybridized carbons (Fsp3) is 0.192. The molecule has 0 spiro atoms. The van der Waals surface area contributed by atoms with Gasteiger partial charge in [-0.3, -0.25) is 0 Å². The Morgan fingerprint density at radius 3 is 2.35 bits per heavy atom. The first-order valence-electron chi connectivity index (χ1n) is 10.5. The molecule has 1 aliphatic rings. The van der Waals surface area contributed by atoms with Crippen LogP contribution in [-0.4, -0.2) is 20.2 Å². The zero-order valence-electron chi connectivity index (χ0n) is 17.3. The third-order valence-corrected chi connectivity index (χ3v) is 5.89. The second kappa shape index (κ2) is 8.48. The summed E-state index contributed by atoms with van der Waals surface area (Å²) in [6.07, 6.45) is 2.53. The van der Waals surface area contributed by atoms with Gasteiger partial charge in [0, 0.05) is 40.8 Å². The molecular weight excluding hydrogens is 408 g/mol. The number of rotatable bonds is 4. The molecule has 4 aromatic rings. The van der Waals surface area contributed by atoms with Crippen molar-refractivity contribution in [1.82, 2.24) is 0 Å². The minimum atomic E-state index is 0.653. The van der Waals surface area contributed by atoms with E-state index in [1.54, 1.807) is 7.11 Å². The first-order valence-corrected chi connectivity index (χ1v) is 10.8. The molecule has 31 heavy (non-hydrogen) atoms. The molecule has 1 saturated heterocycles. The van der Waals surface area contributed by atoms with E-state index >= 15 is 0 Å². The molecular formula is C26H23ClN2O2. The molecule has 3 aromatic carbocycles. The van der Waals surface area contributed by atoms with Crippen LogP contribution in [0.1, 0.15) is 12.8 Å². The smallest absolute Gasteiger partial charge is 0.136 e. The van der Waals surface area contributed by atoms with Crippen LogP contribution in [0.15, 0.2) is 82.2 Å². The highest BCUT2D eigenvalue weighted by molar-refractivity contribution is 6.31. The lowest BCUT2D eigenvalue weighted by atomic mass is 10.1. The Bertz CT molecular complexity index is 1270. The molecule has 5 rings (SSSR count). The maximum atomic E-state index is 6.27. The van der Waals surface area contributed by atoms with Crippen LogP contribution in [0.3, 0.4) is 0 Å². The lowest BCUT2D eigenvalue weighted by Gasteiger charge is -2.17. The summed E-state index contributed by atoms with van der Waals surface area (Å²) < 4.78 is 11.4. The highest BCUT2D eigenvalue weighted by Crippen LogP contribution is 2.27. The van der Waals surface area contributed by atoms with Crippen molar-refractivity contribution in [3.63, 3.8) is 0 Å². The van der Waals surface area contributed by atoms with Gasteiger partial charge in [0.25, 0.3) is 0 Å². The van der Waals surface area contributed by atoms with Gasteiger partial charge in [0.15, 0.2) is 0 Å². The van der Waals surface area contributed by atoms with E-state index in [2.05, 4.69) is 29.2 Å². The summed E-state index contributed by atoms with van der Waals surface area (Å²) in [5.41, 5.74) is 3.85. The van der Waals surface area contributed by atoms with Gasteiger partial charge in [-0.1, -0.05) is 11.6 Å².